The van der Waals surface area contributed by atoms with Crippen molar-refractivity contribution in [1.82, 2.24) is 9.97 Å². The molecule has 0 aliphatic heterocycles. The van der Waals surface area contributed by atoms with Gasteiger partial charge >= 0.3 is 5.97 Å². The van der Waals surface area contributed by atoms with Gasteiger partial charge in [0, 0.05) is 15.6 Å². The zero-order valence-corrected chi connectivity index (χ0v) is 9.45. The number of hydrogen-bond donors (Lipinski definition) is 1. The van der Waals surface area contributed by atoms with Crippen LogP contribution in [0, 0.1) is 6.92 Å². The Balaban J connectivity index is 2.85. The summed E-state index contributed by atoms with van der Waals surface area (Å²) in [6, 6.07) is 5.55. The van der Waals surface area contributed by atoms with Crippen LogP contribution in [0.25, 0.3) is 10.9 Å². The molecule has 15 heavy (non-hydrogen) atoms. The minimum Gasteiger partial charge on any atom is -0.475 e. The molecule has 5 heteroatoms. The highest BCUT2D eigenvalue weighted by Crippen LogP contribution is 2.23. The topological polar surface area (TPSA) is 63.1 Å². The van der Waals surface area contributed by atoms with Crippen LogP contribution in [0.5, 0.6) is 0 Å². The smallest absolute Gasteiger partial charge is 0.373 e. The molecule has 0 spiro atoms. The number of carbonyl (C=O) groups is 1. The summed E-state index contributed by atoms with van der Waals surface area (Å²) in [4.78, 5) is 18.7. The monoisotopic (exact) mass is 266 g/mol. The first-order chi connectivity index (χ1) is 7.09. The number of fused-ring (bicyclic) bond motifs is 1. The van der Waals surface area contributed by atoms with Crippen molar-refractivity contribution in [2.24, 2.45) is 0 Å². The van der Waals surface area contributed by atoms with E-state index < -0.39 is 5.97 Å². The normalized spacial score (nSPS) is 10.5. The number of nitrogens with zero attached hydrogens (tertiary/aromatic N) is 2. The Labute approximate surface area is 94.1 Å². The highest BCUT2D eigenvalue weighted by atomic mass is 79.9. The third-order valence-electron chi connectivity index (χ3n) is 2.06. The third-order valence-corrected chi connectivity index (χ3v) is 2.70. The summed E-state index contributed by atoms with van der Waals surface area (Å²) < 4.78 is 0.771. The van der Waals surface area contributed by atoms with Gasteiger partial charge in [0.25, 0.3) is 0 Å². The zero-order valence-electron chi connectivity index (χ0n) is 7.86. The molecule has 2 aromatic rings. The highest BCUT2D eigenvalue weighted by molar-refractivity contribution is 9.10. The lowest BCUT2D eigenvalue weighted by molar-refractivity contribution is 0.0683. The summed E-state index contributed by atoms with van der Waals surface area (Å²) in [5, 5.41) is 9.68. The van der Waals surface area contributed by atoms with Gasteiger partial charge in [-0.15, -0.1) is 0 Å². The predicted octanol–water partition coefficient (Wildman–Crippen LogP) is 2.40. The number of para-hydroxylation sites is 1. The summed E-state index contributed by atoms with van der Waals surface area (Å²) in [5.74, 6) is -1.29. The average Bonchev–Trinajstić information content (AvgIpc) is 2.19. The Morgan fingerprint density at radius 2 is 2.13 bits per heavy atom. The van der Waals surface area contributed by atoms with Gasteiger partial charge in [-0.05, 0) is 28.9 Å². The summed E-state index contributed by atoms with van der Waals surface area (Å²) in [6.07, 6.45) is 0. The highest BCUT2D eigenvalue weighted by Gasteiger charge is 2.11. The maximum Gasteiger partial charge on any atom is 0.373 e. The molecule has 0 radical (unpaired) electrons. The molecule has 0 atom stereocenters. The molecule has 0 amide bonds. The Bertz CT molecular complexity index is 554. The number of rotatable bonds is 1. The van der Waals surface area contributed by atoms with Gasteiger partial charge < -0.3 is 5.11 Å². The molecule has 1 aromatic heterocycles. The number of benzene rings is 1. The van der Waals surface area contributed by atoms with E-state index >= 15 is 0 Å². The molecule has 0 fully saturated rings. The van der Waals surface area contributed by atoms with Crippen molar-refractivity contribution in [2.45, 2.75) is 6.92 Å². The van der Waals surface area contributed by atoms with Crippen LogP contribution < -0.4 is 0 Å². The molecule has 0 aliphatic rings. The summed E-state index contributed by atoms with van der Waals surface area (Å²) >= 11 is 3.33. The minimum atomic E-state index is -1.12. The average molecular weight is 267 g/mol. The Morgan fingerprint density at radius 3 is 2.80 bits per heavy atom. The minimum absolute atomic E-state index is 0.174. The zero-order chi connectivity index (χ0) is 11.0. The second kappa shape index (κ2) is 3.58. The van der Waals surface area contributed by atoms with Crippen LogP contribution in [0.2, 0.25) is 0 Å². The summed E-state index contributed by atoms with van der Waals surface area (Å²) in [7, 11) is 0. The molecule has 1 N–H and O–H groups in total. The van der Waals surface area contributed by atoms with Crippen molar-refractivity contribution in [3.8, 4) is 0 Å². The number of aromatic carboxylic acids is 1. The lowest BCUT2D eigenvalue weighted by Crippen LogP contribution is -2.05. The van der Waals surface area contributed by atoms with Crippen molar-refractivity contribution in [1.29, 1.82) is 0 Å². The molecular formula is C10H7BrN2O2. The van der Waals surface area contributed by atoms with Crippen LogP contribution in [-0.2, 0) is 0 Å². The van der Waals surface area contributed by atoms with Gasteiger partial charge in [0.05, 0.1) is 5.52 Å². The van der Waals surface area contributed by atoms with E-state index in [1.54, 1.807) is 6.92 Å². The fourth-order valence-corrected chi connectivity index (χ4v) is 1.82. The Hall–Kier alpha value is -1.49. The van der Waals surface area contributed by atoms with E-state index in [1.807, 2.05) is 18.2 Å². The standard InChI is InChI=1S/C10H7BrN2O2/c1-5-6-3-2-4-7(11)8(6)13-9(12-5)10(14)15/h2-4H,1H3,(H,14,15). The fraction of sp³-hybridized carbons (Fsp3) is 0.100. The first-order valence-electron chi connectivity index (χ1n) is 4.26. The molecule has 2 rings (SSSR count). The molecule has 0 bridgehead atoms. The Kier molecular flexibility index (Phi) is 2.40. The molecule has 0 saturated carbocycles. The van der Waals surface area contributed by atoms with E-state index in [0.717, 1.165) is 9.86 Å². The molecule has 76 valence electrons. The van der Waals surface area contributed by atoms with Crippen molar-refractivity contribution >= 4 is 32.8 Å². The number of carboxylic acid groups (broad SMARTS) is 1. The van der Waals surface area contributed by atoms with Crippen LogP contribution >= 0.6 is 15.9 Å². The van der Waals surface area contributed by atoms with Gasteiger partial charge in [0.2, 0.25) is 5.82 Å². The van der Waals surface area contributed by atoms with Gasteiger partial charge in [0.15, 0.2) is 0 Å². The van der Waals surface area contributed by atoms with E-state index in [9.17, 15) is 4.79 Å². The molecule has 4 nitrogen and oxygen atoms in total. The first-order valence-corrected chi connectivity index (χ1v) is 5.05. The van der Waals surface area contributed by atoms with Crippen molar-refractivity contribution < 1.29 is 9.90 Å². The number of halogens is 1. The van der Waals surface area contributed by atoms with E-state index in [-0.39, 0.29) is 5.82 Å². The lowest BCUT2D eigenvalue weighted by atomic mass is 10.2. The third kappa shape index (κ3) is 1.70. The number of hydrogen-bond acceptors (Lipinski definition) is 3. The van der Waals surface area contributed by atoms with Crippen molar-refractivity contribution in [2.75, 3.05) is 0 Å². The largest absolute Gasteiger partial charge is 0.475 e. The molecule has 0 aliphatic carbocycles. The van der Waals surface area contributed by atoms with Gasteiger partial charge in [0.1, 0.15) is 0 Å². The lowest BCUT2D eigenvalue weighted by Gasteiger charge is -2.03. The SMILES string of the molecule is Cc1nc(C(=O)O)nc2c(Br)cccc12. The number of carboxylic acids is 1. The van der Waals surface area contributed by atoms with Gasteiger partial charge in [-0.2, -0.15) is 0 Å². The number of aromatic nitrogens is 2. The van der Waals surface area contributed by atoms with Crippen LogP contribution in [0.4, 0.5) is 0 Å². The number of aryl methyl sites for hydroxylation is 1. The van der Waals surface area contributed by atoms with E-state index in [4.69, 9.17) is 5.11 Å². The van der Waals surface area contributed by atoms with Crippen LogP contribution in [-0.4, -0.2) is 21.0 Å². The summed E-state index contributed by atoms with van der Waals surface area (Å²) in [6.45, 7) is 1.77. The fourth-order valence-electron chi connectivity index (χ4n) is 1.37. The molecule has 1 heterocycles. The quantitative estimate of drug-likeness (QED) is 0.861. The van der Waals surface area contributed by atoms with E-state index in [1.165, 1.54) is 0 Å². The van der Waals surface area contributed by atoms with E-state index in [2.05, 4.69) is 25.9 Å². The Morgan fingerprint density at radius 1 is 1.40 bits per heavy atom. The van der Waals surface area contributed by atoms with Crippen LogP contribution in [0.1, 0.15) is 16.3 Å². The maximum atomic E-state index is 10.8. The van der Waals surface area contributed by atoms with Gasteiger partial charge in [-0.1, -0.05) is 12.1 Å². The van der Waals surface area contributed by atoms with Gasteiger partial charge in [-0.3, -0.25) is 0 Å². The summed E-state index contributed by atoms with van der Waals surface area (Å²) in [5.41, 5.74) is 1.29. The molecule has 1 aromatic carbocycles. The van der Waals surface area contributed by atoms with Crippen molar-refractivity contribution in [3.63, 3.8) is 0 Å². The van der Waals surface area contributed by atoms with Crippen molar-refractivity contribution in [3.05, 3.63) is 34.2 Å². The van der Waals surface area contributed by atoms with E-state index in [0.29, 0.717) is 11.2 Å². The second-order valence-corrected chi connectivity index (χ2v) is 3.93. The van der Waals surface area contributed by atoms with Crippen LogP contribution in [0.15, 0.2) is 22.7 Å². The second-order valence-electron chi connectivity index (χ2n) is 3.07. The first kappa shape index (κ1) is 10.0. The van der Waals surface area contributed by atoms with Gasteiger partial charge in [-0.25, -0.2) is 14.8 Å². The molecule has 0 unspecified atom stereocenters. The molecule has 0 saturated heterocycles. The van der Waals surface area contributed by atoms with Crippen LogP contribution in [0.3, 0.4) is 0 Å². The predicted molar refractivity (Wildman–Crippen MR) is 58.9 cm³/mol. The molecular weight excluding hydrogens is 260 g/mol. The maximum absolute atomic E-state index is 10.8.